The normalized spacial score (nSPS) is 21.2. The van der Waals surface area contributed by atoms with Crippen molar-refractivity contribution in [3.63, 3.8) is 0 Å². The van der Waals surface area contributed by atoms with E-state index in [1.807, 2.05) is 0 Å². The number of imidazole rings is 1. The Hall–Kier alpha value is -1.32. The van der Waals surface area contributed by atoms with E-state index in [2.05, 4.69) is 9.97 Å². The summed E-state index contributed by atoms with van der Waals surface area (Å²) in [6.45, 7) is 0. The average Bonchev–Trinajstić information content (AvgIpc) is 2.83. The van der Waals surface area contributed by atoms with Crippen LogP contribution in [0.3, 0.4) is 0 Å². The second-order valence-electron chi connectivity index (χ2n) is 7.49. The molecule has 0 radical (unpaired) electrons. The standard InChI is InChI=1S/C19H30N2O2/c22-19(23)17-16(13-12-14-8-4-1-2-5-9-14)20-18(21-17)15-10-6-3-7-11-15/h14-15H,1-13H2,(H,20,21)(H,22,23). The third-order valence-electron chi connectivity index (χ3n) is 5.77. The van der Waals surface area contributed by atoms with Crippen LogP contribution in [0.25, 0.3) is 0 Å². The van der Waals surface area contributed by atoms with Gasteiger partial charge in [-0.1, -0.05) is 57.8 Å². The van der Waals surface area contributed by atoms with E-state index in [4.69, 9.17) is 0 Å². The molecule has 128 valence electrons. The molecule has 0 atom stereocenters. The van der Waals surface area contributed by atoms with E-state index >= 15 is 0 Å². The fourth-order valence-corrected chi connectivity index (χ4v) is 4.36. The van der Waals surface area contributed by atoms with Gasteiger partial charge in [0.1, 0.15) is 5.82 Å². The van der Waals surface area contributed by atoms with Gasteiger partial charge in [0.05, 0.1) is 0 Å². The van der Waals surface area contributed by atoms with Crippen LogP contribution in [0.1, 0.15) is 105 Å². The Balaban J connectivity index is 1.66. The highest BCUT2D eigenvalue weighted by Gasteiger charge is 2.24. The van der Waals surface area contributed by atoms with Gasteiger partial charge in [0.25, 0.3) is 0 Å². The summed E-state index contributed by atoms with van der Waals surface area (Å²) < 4.78 is 0. The van der Waals surface area contributed by atoms with Crippen molar-refractivity contribution >= 4 is 5.97 Å². The summed E-state index contributed by atoms with van der Waals surface area (Å²) in [5.41, 5.74) is 1.14. The van der Waals surface area contributed by atoms with Gasteiger partial charge in [-0.2, -0.15) is 0 Å². The molecular formula is C19H30N2O2. The van der Waals surface area contributed by atoms with Crippen LogP contribution >= 0.6 is 0 Å². The third kappa shape index (κ3) is 4.36. The molecule has 0 spiro atoms. The van der Waals surface area contributed by atoms with Crippen molar-refractivity contribution in [1.82, 2.24) is 9.97 Å². The van der Waals surface area contributed by atoms with Gasteiger partial charge in [0, 0.05) is 11.6 Å². The molecule has 2 N–H and O–H groups in total. The molecule has 23 heavy (non-hydrogen) atoms. The first-order valence-corrected chi connectivity index (χ1v) is 9.56. The van der Waals surface area contributed by atoms with Crippen molar-refractivity contribution in [2.75, 3.05) is 0 Å². The Morgan fingerprint density at radius 2 is 1.61 bits per heavy atom. The number of nitrogens with zero attached hydrogens (tertiary/aromatic N) is 1. The fourth-order valence-electron chi connectivity index (χ4n) is 4.36. The molecule has 4 heteroatoms. The lowest BCUT2D eigenvalue weighted by Gasteiger charge is -2.19. The summed E-state index contributed by atoms with van der Waals surface area (Å²) in [6, 6.07) is 0. The molecular weight excluding hydrogens is 288 g/mol. The summed E-state index contributed by atoms with van der Waals surface area (Å²) in [5, 5.41) is 9.48. The van der Waals surface area contributed by atoms with E-state index in [1.165, 1.54) is 57.8 Å². The first-order valence-electron chi connectivity index (χ1n) is 9.56. The molecule has 0 unspecified atom stereocenters. The van der Waals surface area contributed by atoms with E-state index < -0.39 is 5.97 Å². The molecule has 1 heterocycles. The van der Waals surface area contributed by atoms with Gasteiger partial charge in [-0.3, -0.25) is 0 Å². The molecule has 0 bridgehead atoms. The number of aryl methyl sites for hydroxylation is 1. The number of nitrogens with one attached hydrogen (secondary N) is 1. The van der Waals surface area contributed by atoms with Crippen molar-refractivity contribution in [2.45, 2.75) is 89.4 Å². The number of carboxylic acids is 1. The van der Waals surface area contributed by atoms with Crippen LogP contribution in [-0.2, 0) is 6.42 Å². The van der Waals surface area contributed by atoms with Gasteiger partial charge in [0.2, 0.25) is 0 Å². The smallest absolute Gasteiger partial charge is 0.356 e. The number of carboxylic acid groups (broad SMARTS) is 1. The first-order chi connectivity index (χ1) is 11.2. The maximum absolute atomic E-state index is 11.5. The van der Waals surface area contributed by atoms with E-state index in [9.17, 15) is 9.90 Å². The van der Waals surface area contributed by atoms with Gasteiger partial charge in [-0.05, 0) is 31.6 Å². The fraction of sp³-hybridized carbons (Fsp3) is 0.789. The number of H-pyrrole nitrogens is 1. The van der Waals surface area contributed by atoms with Crippen molar-refractivity contribution < 1.29 is 9.90 Å². The zero-order chi connectivity index (χ0) is 16.1. The maximum atomic E-state index is 11.5. The molecule has 1 aromatic rings. The Morgan fingerprint density at radius 1 is 1.00 bits per heavy atom. The highest BCUT2D eigenvalue weighted by Crippen LogP contribution is 2.32. The average molecular weight is 318 g/mol. The molecule has 2 fully saturated rings. The SMILES string of the molecule is O=C(O)c1nc(C2CCCCC2)[nH]c1CCC1CCCCCC1. The lowest BCUT2D eigenvalue weighted by atomic mass is 9.89. The van der Waals surface area contributed by atoms with Crippen LogP contribution in [0, 0.1) is 5.92 Å². The van der Waals surface area contributed by atoms with E-state index in [-0.39, 0.29) is 5.69 Å². The molecule has 3 rings (SSSR count). The van der Waals surface area contributed by atoms with Crippen LogP contribution in [0.15, 0.2) is 0 Å². The van der Waals surface area contributed by atoms with Gasteiger partial charge in [-0.15, -0.1) is 0 Å². The summed E-state index contributed by atoms with van der Waals surface area (Å²) in [4.78, 5) is 19.4. The molecule has 0 aromatic carbocycles. The number of hydrogen-bond donors (Lipinski definition) is 2. The first kappa shape index (κ1) is 16.5. The molecule has 2 aliphatic rings. The molecule has 4 nitrogen and oxygen atoms in total. The Kier molecular flexibility index (Phi) is 5.74. The van der Waals surface area contributed by atoms with E-state index in [0.29, 0.717) is 5.92 Å². The van der Waals surface area contributed by atoms with Gasteiger partial charge >= 0.3 is 5.97 Å². The Labute approximate surface area is 139 Å². The molecule has 0 aliphatic heterocycles. The van der Waals surface area contributed by atoms with Gasteiger partial charge in [0.15, 0.2) is 5.69 Å². The van der Waals surface area contributed by atoms with Crippen molar-refractivity contribution in [3.8, 4) is 0 Å². The highest BCUT2D eigenvalue weighted by molar-refractivity contribution is 5.86. The maximum Gasteiger partial charge on any atom is 0.356 e. The predicted molar refractivity (Wildman–Crippen MR) is 90.9 cm³/mol. The van der Waals surface area contributed by atoms with Crippen LogP contribution in [0.2, 0.25) is 0 Å². The third-order valence-corrected chi connectivity index (χ3v) is 5.77. The highest BCUT2D eigenvalue weighted by atomic mass is 16.4. The number of aromatic amines is 1. The Bertz CT molecular complexity index is 509. The number of aromatic carboxylic acids is 1. The molecule has 0 amide bonds. The van der Waals surface area contributed by atoms with Crippen LogP contribution in [-0.4, -0.2) is 21.0 Å². The van der Waals surface area contributed by atoms with Gasteiger partial charge < -0.3 is 10.1 Å². The number of aromatic nitrogens is 2. The van der Waals surface area contributed by atoms with Crippen LogP contribution in [0.5, 0.6) is 0 Å². The monoisotopic (exact) mass is 318 g/mol. The van der Waals surface area contributed by atoms with E-state index in [1.54, 1.807) is 0 Å². The van der Waals surface area contributed by atoms with Crippen LogP contribution < -0.4 is 0 Å². The van der Waals surface area contributed by atoms with Gasteiger partial charge in [-0.25, -0.2) is 9.78 Å². The number of rotatable bonds is 5. The van der Waals surface area contributed by atoms with Crippen molar-refractivity contribution in [1.29, 1.82) is 0 Å². The number of carbonyl (C=O) groups is 1. The minimum Gasteiger partial charge on any atom is -0.476 e. The zero-order valence-electron chi connectivity index (χ0n) is 14.1. The largest absolute Gasteiger partial charge is 0.476 e. The molecule has 0 saturated heterocycles. The minimum absolute atomic E-state index is 0.277. The molecule has 2 aliphatic carbocycles. The van der Waals surface area contributed by atoms with Crippen molar-refractivity contribution in [3.05, 3.63) is 17.2 Å². The lowest BCUT2D eigenvalue weighted by Crippen LogP contribution is -2.06. The lowest BCUT2D eigenvalue weighted by molar-refractivity contribution is 0.0689. The molecule has 1 aromatic heterocycles. The quantitative estimate of drug-likeness (QED) is 0.746. The minimum atomic E-state index is -0.876. The topological polar surface area (TPSA) is 66.0 Å². The predicted octanol–water partition coefficient (Wildman–Crippen LogP) is 5.06. The zero-order valence-corrected chi connectivity index (χ0v) is 14.1. The van der Waals surface area contributed by atoms with E-state index in [0.717, 1.165) is 43.1 Å². The number of hydrogen-bond acceptors (Lipinski definition) is 2. The Morgan fingerprint density at radius 3 is 2.26 bits per heavy atom. The summed E-state index contributed by atoms with van der Waals surface area (Å²) >= 11 is 0. The van der Waals surface area contributed by atoms with Crippen molar-refractivity contribution in [2.24, 2.45) is 5.92 Å². The summed E-state index contributed by atoms with van der Waals surface area (Å²) in [5.74, 6) is 1.26. The molecule has 2 saturated carbocycles. The summed E-state index contributed by atoms with van der Waals surface area (Å²) in [7, 11) is 0. The second-order valence-corrected chi connectivity index (χ2v) is 7.49. The summed E-state index contributed by atoms with van der Waals surface area (Å²) in [6.07, 6.45) is 16.1. The van der Waals surface area contributed by atoms with Crippen LogP contribution in [0.4, 0.5) is 0 Å². The second kappa shape index (κ2) is 7.98.